The summed E-state index contributed by atoms with van der Waals surface area (Å²) in [6.07, 6.45) is 4.07. The smallest absolute Gasteiger partial charge is 0.255 e. The fraction of sp³-hybridized carbons (Fsp3) is 0.529. The number of carbonyl (C=O) groups excluding carboxylic acids is 1. The highest BCUT2D eigenvalue weighted by atomic mass is 32.2. The average molecular weight is 396 g/mol. The van der Waals surface area contributed by atoms with Crippen LogP contribution in [0.2, 0.25) is 0 Å². The van der Waals surface area contributed by atoms with Crippen LogP contribution < -0.4 is 5.32 Å². The number of hydrogen-bond acceptors (Lipinski definition) is 6. The number of fused-ring (bicyclic) bond motifs is 1. The lowest BCUT2D eigenvalue weighted by Gasteiger charge is -2.25. The lowest BCUT2D eigenvalue weighted by Crippen LogP contribution is -2.35. The molecule has 1 aromatic heterocycles. The van der Waals surface area contributed by atoms with Crippen molar-refractivity contribution in [3.8, 4) is 0 Å². The van der Waals surface area contributed by atoms with E-state index in [4.69, 9.17) is 4.74 Å². The summed E-state index contributed by atoms with van der Waals surface area (Å²) in [7, 11) is -3.48. The second-order valence-corrected chi connectivity index (χ2v) is 9.57. The maximum Gasteiger partial charge on any atom is 0.255 e. The van der Waals surface area contributed by atoms with Gasteiger partial charge in [0.15, 0.2) is 5.13 Å². The van der Waals surface area contributed by atoms with Crippen LogP contribution in [0.3, 0.4) is 0 Å². The Hall–Kier alpha value is -1.55. The Morgan fingerprint density at radius 3 is 2.77 bits per heavy atom. The van der Waals surface area contributed by atoms with E-state index < -0.39 is 16.1 Å². The van der Waals surface area contributed by atoms with Gasteiger partial charge in [-0.05, 0) is 43.9 Å². The number of aromatic nitrogens is 1. The number of carbonyl (C=O) groups is 1. The number of piperidine rings is 1. The molecule has 140 valence electrons. The van der Waals surface area contributed by atoms with Gasteiger partial charge in [-0.1, -0.05) is 17.8 Å². The Morgan fingerprint density at radius 2 is 2.04 bits per heavy atom. The first-order valence-corrected chi connectivity index (χ1v) is 11.1. The zero-order valence-electron chi connectivity index (χ0n) is 14.3. The lowest BCUT2D eigenvalue weighted by atomic mass is 10.2. The molecule has 0 aliphatic carbocycles. The highest BCUT2D eigenvalue weighted by molar-refractivity contribution is 7.89. The number of nitrogens with one attached hydrogen (secondary N) is 1. The number of hydrogen-bond donors (Lipinski definition) is 1. The minimum atomic E-state index is -3.48. The first-order valence-electron chi connectivity index (χ1n) is 8.87. The summed E-state index contributed by atoms with van der Waals surface area (Å²) < 4.78 is 33.3. The van der Waals surface area contributed by atoms with Crippen molar-refractivity contribution in [1.82, 2.24) is 9.29 Å². The highest BCUT2D eigenvalue weighted by Crippen LogP contribution is 2.30. The van der Waals surface area contributed by atoms with Crippen LogP contribution in [-0.2, 0) is 19.6 Å². The number of rotatable bonds is 4. The Morgan fingerprint density at radius 1 is 1.23 bits per heavy atom. The summed E-state index contributed by atoms with van der Waals surface area (Å²) in [6, 6.07) is 4.95. The summed E-state index contributed by atoms with van der Waals surface area (Å²) in [5, 5.41) is 3.24. The molecule has 1 atom stereocenters. The molecule has 2 fully saturated rings. The predicted octanol–water partition coefficient (Wildman–Crippen LogP) is 2.59. The summed E-state index contributed by atoms with van der Waals surface area (Å²) in [5.74, 6) is -0.192. The molecule has 2 aromatic rings. The van der Waals surface area contributed by atoms with Crippen molar-refractivity contribution in [3.63, 3.8) is 0 Å². The van der Waals surface area contributed by atoms with Crippen molar-refractivity contribution < 1.29 is 17.9 Å². The van der Waals surface area contributed by atoms with E-state index in [1.165, 1.54) is 11.3 Å². The number of nitrogens with zero attached hydrogens (tertiary/aromatic N) is 2. The largest absolute Gasteiger partial charge is 0.368 e. The standard InChI is InChI=1S/C17H21N3O4S2/c21-16(14-5-4-10-24-14)19-17-18-13-7-6-12(11-15(13)25-17)26(22,23)20-8-2-1-3-9-20/h6-7,11,14H,1-5,8-10H2,(H,18,19,21)/t14-/m1/s1. The van der Waals surface area contributed by atoms with Gasteiger partial charge in [-0.3, -0.25) is 10.1 Å². The number of ether oxygens (including phenoxy) is 1. The quantitative estimate of drug-likeness (QED) is 0.860. The molecule has 1 N–H and O–H groups in total. The van der Waals surface area contributed by atoms with Crippen molar-refractivity contribution >= 4 is 42.6 Å². The molecule has 1 amide bonds. The average Bonchev–Trinajstić information content (AvgIpc) is 3.31. The molecular weight excluding hydrogens is 374 g/mol. The molecule has 0 unspecified atom stereocenters. The van der Waals surface area contributed by atoms with Crippen LogP contribution in [0.15, 0.2) is 23.1 Å². The first kappa shape index (κ1) is 17.8. The Bertz CT molecular complexity index is 913. The first-order chi connectivity index (χ1) is 12.5. The topological polar surface area (TPSA) is 88.6 Å². The van der Waals surface area contributed by atoms with Gasteiger partial charge in [-0.15, -0.1) is 0 Å². The van der Waals surface area contributed by atoms with Crippen LogP contribution >= 0.6 is 11.3 Å². The van der Waals surface area contributed by atoms with E-state index in [0.29, 0.717) is 30.3 Å². The molecular formula is C17H21N3O4S2. The second kappa shape index (κ2) is 7.22. The third-order valence-corrected chi connectivity index (χ3v) is 7.59. The van der Waals surface area contributed by atoms with Crippen molar-refractivity contribution in [2.45, 2.75) is 43.1 Å². The molecule has 2 aliphatic heterocycles. The Balaban J connectivity index is 1.56. The molecule has 0 spiro atoms. The number of thiazole rings is 1. The normalized spacial score (nSPS) is 21.9. The monoisotopic (exact) mass is 395 g/mol. The van der Waals surface area contributed by atoms with Gasteiger partial charge in [0, 0.05) is 19.7 Å². The minimum Gasteiger partial charge on any atom is -0.368 e. The Labute approximate surface area is 156 Å². The van der Waals surface area contributed by atoms with Gasteiger partial charge in [0.2, 0.25) is 10.0 Å². The molecule has 7 nitrogen and oxygen atoms in total. The number of benzene rings is 1. The summed E-state index contributed by atoms with van der Waals surface area (Å²) >= 11 is 1.28. The predicted molar refractivity (Wildman–Crippen MR) is 99.8 cm³/mol. The molecule has 1 aromatic carbocycles. The molecule has 0 bridgehead atoms. The minimum absolute atomic E-state index is 0.192. The lowest BCUT2D eigenvalue weighted by molar-refractivity contribution is -0.124. The fourth-order valence-electron chi connectivity index (χ4n) is 3.34. The summed E-state index contributed by atoms with van der Waals surface area (Å²) in [5.41, 5.74) is 0.676. The maximum absolute atomic E-state index is 12.8. The molecule has 26 heavy (non-hydrogen) atoms. The molecule has 4 rings (SSSR count). The number of anilines is 1. The van der Waals surface area contributed by atoms with Crippen LogP contribution in [0.4, 0.5) is 5.13 Å². The van der Waals surface area contributed by atoms with Gasteiger partial charge in [-0.2, -0.15) is 4.31 Å². The summed E-state index contributed by atoms with van der Waals surface area (Å²) in [6.45, 7) is 1.76. The van der Waals surface area contributed by atoms with E-state index >= 15 is 0 Å². The molecule has 2 aliphatic rings. The van der Waals surface area contributed by atoms with Gasteiger partial charge in [0.05, 0.1) is 15.1 Å². The van der Waals surface area contributed by atoms with E-state index in [9.17, 15) is 13.2 Å². The molecule has 0 saturated carbocycles. The van der Waals surface area contributed by atoms with Crippen molar-refractivity contribution in [3.05, 3.63) is 18.2 Å². The van der Waals surface area contributed by atoms with E-state index in [1.54, 1.807) is 22.5 Å². The summed E-state index contributed by atoms with van der Waals surface area (Å²) in [4.78, 5) is 16.8. The van der Waals surface area contributed by atoms with E-state index in [1.807, 2.05) is 0 Å². The highest BCUT2D eigenvalue weighted by Gasteiger charge is 2.27. The molecule has 2 saturated heterocycles. The second-order valence-electron chi connectivity index (χ2n) is 6.60. The van der Waals surface area contributed by atoms with Gasteiger partial charge in [0.1, 0.15) is 6.10 Å². The van der Waals surface area contributed by atoms with Crippen molar-refractivity contribution in [1.29, 1.82) is 0 Å². The van der Waals surface area contributed by atoms with Gasteiger partial charge in [-0.25, -0.2) is 13.4 Å². The van der Waals surface area contributed by atoms with E-state index in [-0.39, 0.29) is 10.8 Å². The van der Waals surface area contributed by atoms with Gasteiger partial charge in [0.25, 0.3) is 5.91 Å². The van der Waals surface area contributed by atoms with Crippen LogP contribution in [0.1, 0.15) is 32.1 Å². The molecule has 0 radical (unpaired) electrons. The van der Waals surface area contributed by atoms with E-state index in [2.05, 4.69) is 10.3 Å². The fourth-order valence-corrected chi connectivity index (χ4v) is 5.87. The third kappa shape index (κ3) is 3.48. The van der Waals surface area contributed by atoms with Crippen LogP contribution in [-0.4, -0.2) is 49.4 Å². The molecule has 9 heteroatoms. The van der Waals surface area contributed by atoms with Crippen LogP contribution in [0.25, 0.3) is 10.2 Å². The SMILES string of the molecule is O=C(Nc1nc2ccc(S(=O)(=O)N3CCCCC3)cc2s1)[C@H]1CCCO1. The third-order valence-electron chi connectivity index (χ3n) is 4.76. The Kier molecular flexibility index (Phi) is 4.96. The van der Waals surface area contributed by atoms with Gasteiger partial charge < -0.3 is 4.74 Å². The van der Waals surface area contributed by atoms with Crippen LogP contribution in [0, 0.1) is 0 Å². The van der Waals surface area contributed by atoms with E-state index in [0.717, 1.165) is 36.8 Å². The zero-order chi connectivity index (χ0) is 18.1. The van der Waals surface area contributed by atoms with Crippen LogP contribution in [0.5, 0.6) is 0 Å². The van der Waals surface area contributed by atoms with Crippen molar-refractivity contribution in [2.75, 3.05) is 25.0 Å². The number of sulfonamides is 1. The van der Waals surface area contributed by atoms with Gasteiger partial charge >= 0.3 is 0 Å². The number of amides is 1. The molecule has 3 heterocycles. The zero-order valence-corrected chi connectivity index (χ0v) is 15.9. The maximum atomic E-state index is 12.8. The van der Waals surface area contributed by atoms with Crippen molar-refractivity contribution in [2.24, 2.45) is 0 Å².